The summed E-state index contributed by atoms with van der Waals surface area (Å²) >= 11 is -0.274. The number of hydrogen-bond acceptors (Lipinski definition) is 3. The van der Waals surface area contributed by atoms with Gasteiger partial charge in [-0.15, -0.1) is 0 Å². The van der Waals surface area contributed by atoms with E-state index in [1.165, 1.54) is 24.3 Å². The van der Waals surface area contributed by atoms with Gasteiger partial charge in [-0.3, -0.25) is 0 Å². The second-order valence-electron chi connectivity index (χ2n) is 3.08. The maximum absolute atomic E-state index is 12.0. The number of rotatable bonds is 3. The Morgan fingerprint density at radius 3 is 2.44 bits per heavy atom. The standard InChI is InChI=1S/C9H8F3O2S2/c1-16(13,14)6-7-3-2-4-8(5-7)15-9(10,11)12/h2-5H,1,6H2. The van der Waals surface area contributed by atoms with Crippen molar-refractivity contribution in [3.05, 3.63) is 36.1 Å². The molecule has 0 bridgehead atoms. The van der Waals surface area contributed by atoms with Crippen LogP contribution in [-0.4, -0.2) is 13.9 Å². The van der Waals surface area contributed by atoms with E-state index >= 15 is 0 Å². The fourth-order valence-corrected chi connectivity index (χ4v) is 2.40. The smallest absolute Gasteiger partial charge is 0.228 e. The molecule has 1 radical (unpaired) electrons. The molecular weight excluding hydrogens is 261 g/mol. The van der Waals surface area contributed by atoms with Crippen molar-refractivity contribution in [3.8, 4) is 0 Å². The van der Waals surface area contributed by atoms with E-state index in [0.717, 1.165) is 0 Å². The third-order valence-electron chi connectivity index (χ3n) is 1.52. The number of benzene rings is 1. The molecule has 0 aromatic heterocycles. The lowest BCUT2D eigenvalue weighted by atomic mass is 10.2. The second-order valence-corrected chi connectivity index (χ2v) is 6.00. The van der Waals surface area contributed by atoms with Crippen LogP contribution in [0.1, 0.15) is 5.56 Å². The maximum Gasteiger partial charge on any atom is 0.446 e. The van der Waals surface area contributed by atoms with Gasteiger partial charge in [0, 0.05) is 4.90 Å². The molecular formula is C9H8F3O2S2. The van der Waals surface area contributed by atoms with Crippen LogP contribution in [0.3, 0.4) is 0 Å². The molecule has 0 atom stereocenters. The van der Waals surface area contributed by atoms with Crippen LogP contribution in [0.2, 0.25) is 0 Å². The van der Waals surface area contributed by atoms with E-state index in [-0.39, 0.29) is 22.4 Å². The first kappa shape index (κ1) is 13.4. The quantitative estimate of drug-likeness (QED) is 0.791. The molecule has 0 fully saturated rings. The molecule has 0 aliphatic rings. The van der Waals surface area contributed by atoms with Gasteiger partial charge in [0.1, 0.15) is 0 Å². The van der Waals surface area contributed by atoms with Crippen molar-refractivity contribution >= 4 is 21.6 Å². The molecule has 1 rings (SSSR count). The minimum Gasteiger partial charge on any atom is -0.228 e. The average Bonchev–Trinajstić information content (AvgIpc) is 1.96. The first-order valence-corrected chi connectivity index (χ1v) is 6.70. The normalized spacial score (nSPS) is 12.8. The van der Waals surface area contributed by atoms with Gasteiger partial charge in [-0.1, -0.05) is 12.1 Å². The van der Waals surface area contributed by atoms with Gasteiger partial charge in [0.15, 0.2) is 9.84 Å². The van der Waals surface area contributed by atoms with Crippen molar-refractivity contribution in [2.24, 2.45) is 0 Å². The lowest BCUT2D eigenvalue weighted by Crippen LogP contribution is -2.01. The predicted molar refractivity (Wildman–Crippen MR) is 56.3 cm³/mol. The van der Waals surface area contributed by atoms with Gasteiger partial charge >= 0.3 is 5.51 Å². The van der Waals surface area contributed by atoms with Gasteiger partial charge in [0.25, 0.3) is 0 Å². The summed E-state index contributed by atoms with van der Waals surface area (Å²) < 4.78 is 57.8. The van der Waals surface area contributed by atoms with Gasteiger partial charge in [0.05, 0.1) is 12.0 Å². The Balaban J connectivity index is 2.88. The second kappa shape index (κ2) is 4.67. The lowest BCUT2D eigenvalue weighted by Gasteiger charge is -2.06. The van der Waals surface area contributed by atoms with Gasteiger partial charge in [-0.05, 0) is 29.5 Å². The minimum absolute atomic E-state index is 0.0337. The molecule has 0 saturated heterocycles. The van der Waals surface area contributed by atoms with Crippen LogP contribution in [-0.2, 0) is 15.6 Å². The zero-order valence-electron chi connectivity index (χ0n) is 7.99. The van der Waals surface area contributed by atoms with Crippen molar-refractivity contribution in [1.82, 2.24) is 0 Å². The highest BCUT2D eigenvalue weighted by molar-refractivity contribution is 8.00. The summed E-state index contributed by atoms with van der Waals surface area (Å²) in [6.07, 6.45) is 2.91. The highest BCUT2D eigenvalue weighted by Crippen LogP contribution is 2.37. The van der Waals surface area contributed by atoms with Crippen LogP contribution in [0, 0.1) is 6.26 Å². The van der Waals surface area contributed by atoms with Gasteiger partial charge in [-0.2, -0.15) is 13.2 Å². The van der Waals surface area contributed by atoms with Gasteiger partial charge < -0.3 is 0 Å². The highest BCUT2D eigenvalue weighted by Gasteiger charge is 2.29. The first-order chi connectivity index (χ1) is 7.16. The minimum atomic E-state index is -4.37. The van der Waals surface area contributed by atoms with Crippen LogP contribution >= 0.6 is 11.8 Å². The topological polar surface area (TPSA) is 34.1 Å². The van der Waals surface area contributed by atoms with E-state index in [2.05, 4.69) is 6.26 Å². The number of halogens is 3. The van der Waals surface area contributed by atoms with Crippen molar-refractivity contribution < 1.29 is 21.6 Å². The third-order valence-corrected chi connectivity index (χ3v) is 3.01. The number of alkyl halides is 3. The van der Waals surface area contributed by atoms with E-state index in [9.17, 15) is 21.6 Å². The number of thioether (sulfide) groups is 1. The zero-order chi connectivity index (χ0) is 12.4. The summed E-state index contributed by atoms with van der Waals surface area (Å²) in [6.45, 7) is 0. The Labute approximate surface area is 95.8 Å². The molecule has 1 aromatic rings. The number of hydrogen-bond donors (Lipinski definition) is 0. The highest BCUT2D eigenvalue weighted by atomic mass is 32.2. The van der Waals surface area contributed by atoms with E-state index in [0.29, 0.717) is 5.56 Å². The Hall–Kier alpha value is -0.690. The molecule has 1 aromatic carbocycles. The summed E-state index contributed by atoms with van der Waals surface area (Å²) in [5.41, 5.74) is -4.08. The average molecular weight is 269 g/mol. The van der Waals surface area contributed by atoms with Crippen molar-refractivity contribution in [3.63, 3.8) is 0 Å². The van der Waals surface area contributed by atoms with Crippen molar-refractivity contribution in [2.45, 2.75) is 16.2 Å². The molecule has 0 unspecified atom stereocenters. The Bertz CT molecular complexity index is 466. The predicted octanol–water partition coefficient (Wildman–Crippen LogP) is 3.00. The molecule has 0 aliphatic heterocycles. The maximum atomic E-state index is 12.0. The van der Waals surface area contributed by atoms with E-state index in [4.69, 9.17) is 0 Å². The Morgan fingerprint density at radius 1 is 1.31 bits per heavy atom. The molecule has 0 spiro atoms. The van der Waals surface area contributed by atoms with E-state index in [1.807, 2.05) is 0 Å². The molecule has 0 amide bonds. The number of sulfone groups is 1. The SMILES string of the molecule is [CH2]S(=O)(=O)Cc1cccc(SC(F)(F)F)c1. The van der Waals surface area contributed by atoms with Crippen LogP contribution in [0.25, 0.3) is 0 Å². The van der Waals surface area contributed by atoms with Crippen LogP contribution in [0.5, 0.6) is 0 Å². The Kier molecular flexibility index (Phi) is 3.90. The molecule has 0 saturated carbocycles. The van der Waals surface area contributed by atoms with Crippen molar-refractivity contribution in [2.75, 3.05) is 0 Å². The molecule has 2 nitrogen and oxygen atoms in total. The molecule has 7 heteroatoms. The monoisotopic (exact) mass is 269 g/mol. The summed E-state index contributed by atoms with van der Waals surface area (Å²) in [6, 6.07) is 5.30. The van der Waals surface area contributed by atoms with Crippen molar-refractivity contribution in [1.29, 1.82) is 0 Å². The fourth-order valence-electron chi connectivity index (χ4n) is 1.09. The fraction of sp³-hybridized carbons (Fsp3) is 0.222. The van der Waals surface area contributed by atoms with Gasteiger partial charge in [-0.25, -0.2) is 8.42 Å². The molecule has 16 heavy (non-hydrogen) atoms. The van der Waals surface area contributed by atoms with Crippen LogP contribution in [0.15, 0.2) is 29.2 Å². The third kappa shape index (κ3) is 5.41. The molecule has 89 valence electrons. The summed E-state index contributed by atoms with van der Waals surface area (Å²) in [5, 5.41) is 0. The van der Waals surface area contributed by atoms with Crippen LogP contribution in [0.4, 0.5) is 13.2 Å². The van der Waals surface area contributed by atoms with Gasteiger partial charge in [0.2, 0.25) is 0 Å². The molecule has 0 N–H and O–H groups in total. The summed E-state index contributed by atoms with van der Waals surface area (Å²) in [7, 11) is -3.48. The molecule has 0 aliphatic carbocycles. The summed E-state index contributed by atoms with van der Waals surface area (Å²) in [5.74, 6) is -0.362. The largest absolute Gasteiger partial charge is 0.446 e. The molecule has 0 heterocycles. The Morgan fingerprint density at radius 2 is 1.94 bits per heavy atom. The van der Waals surface area contributed by atoms with E-state index in [1.54, 1.807) is 0 Å². The zero-order valence-corrected chi connectivity index (χ0v) is 9.62. The summed E-state index contributed by atoms with van der Waals surface area (Å²) in [4.78, 5) is -0.0337. The van der Waals surface area contributed by atoms with Crippen LogP contribution < -0.4 is 0 Å². The lowest BCUT2D eigenvalue weighted by molar-refractivity contribution is -0.0328. The van der Waals surface area contributed by atoms with E-state index < -0.39 is 15.3 Å². The first-order valence-electron chi connectivity index (χ1n) is 4.06.